The number of hydrogen-bond donors (Lipinski definition) is 2. The van der Waals surface area contributed by atoms with Crippen molar-refractivity contribution >= 4 is 33.4 Å². The largest absolute Gasteiger partial charge is 0.477 e. The first kappa shape index (κ1) is 22.6. The Bertz CT molecular complexity index is 1550. The molecule has 35 heavy (non-hydrogen) atoms. The number of nitrogens with zero attached hydrogens (tertiary/aromatic N) is 3. The molecule has 0 aliphatic heterocycles. The van der Waals surface area contributed by atoms with Crippen molar-refractivity contribution in [1.29, 1.82) is 0 Å². The Hall–Kier alpha value is -4.17. The fourth-order valence-corrected chi connectivity index (χ4v) is 5.23. The van der Waals surface area contributed by atoms with Gasteiger partial charge in [0, 0.05) is 43.7 Å². The molecule has 0 spiro atoms. The minimum absolute atomic E-state index is 0.0705. The van der Waals surface area contributed by atoms with E-state index < -0.39 is 5.97 Å². The maximum atomic E-state index is 11.6. The van der Waals surface area contributed by atoms with Crippen LogP contribution in [0.25, 0.3) is 27.2 Å². The number of hydrogen-bond acceptors (Lipinski definition) is 4. The molecule has 5 aromatic rings. The van der Waals surface area contributed by atoms with Crippen LogP contribution in [0.15, 0.2) is 73.3 Å². The fourth-order valence-electron chi connectivity index (χ4n) is 4.30. The molecule has 0 saturated carbocycles. The van der Waals surface area contributed by atoms with Crippen LogP contribution in [-0.4, -0.2) is 31.1 Å². The Kier molecular flexibility index (Phi) is 5.96. The molecule has 0 aliphatic carbocycles. The first-order valence-electron chi connectivity index (χ1n) is 11.2. The van der Waals surface area contributed by atoms with E-state index in [1.54, 1.807) is 18.6 Å². The van der Waals surface area contributed by atoms with Crippen molar-refractivity contribution in [3.05, 3.63) is 94.9 Å². The van der Waals surface area contributed by atoms with Crippen LogP contribution < -0.4 is 5.32 Å². The van der Waals surface area contributed by atoms with Crippen LogP contribution in [0.1, 0.15) is 33.3 Å². The van der Waals surface area contributed by atoms with Gasteiger partial charge in [0.2, 0.25) is 5.91 Å². The molecule has 5 rings (SSSR count). The summed E-state index contributed by atoms with van der Waals surface area (Å²) in [5.41, 5.74) is 7.24. The number of carboxylic acids is 1. The van der Waals surface area contributed by atoms with Crippen LogP contribution >= 0.6 is 11.3 Å². The van der Waals surface area contributed by atoms with Crippen LogP contribution in [0, 0.1) is 6.92 Å². The molecule has 0 radical (unpaired) electrons. The molecule has 3 aromatic heterocycles. The average molecular weight is 485 g/mol. The first-order chi connectivity index (χ1) is 16.9. The van der Waals surface area contributed by atoms with Gasteiger partial charge in [-0.25, -0.2) is 9.78 Å². The number of nitrogens with one attached hydrogen (secondary N) is 1. The van der Waals surface area contributed by atoms with Crippen molar-refractivity contribution in [1.82, 2.24) is 19.4 Å². The molecular formula is C27H24N4O3S. The third kappa shape index (κ3) is 4.61. The zero-order chi connectivity index (χ0) is 24.5. The van der Waals surface area contributed by atoms with E-state index >= 15 is 0 Å². The number of carboxylic acid groups (broad SMARTS) is 1. The Morgan fingerprint density at radius 3 is 2.63 bits per heavy atom. The zero-order valence-electron chi connectivity index (χ0n) is 19.4. The zero-order valence-corrected chi connectivity index (χ0v) is 20.2. The molecule has 8 heteroatoms. The molecule has 176 valence electrons. The number of aryl methyl sites for hydroxylation is 1. The van der Waals surface area contributed by atoms with E-state index in [2.05, 4.69) is 52.1 Å². The molecule has 2 aromatic carbocycles. The van der Waals surface area contributed by atoms with E-state index in [9.17, 15) is 14.7 Å². The predicted octanol–water partition coefficient (Wildman–Crippen LogP) is 5.25. The number of aromatic carboxylic acids is 1. The topological polar surface area (TPSA) is 89.2 Å². The van der Waals surface area contributed by atoms with Crippen molar-refractivity contribution in [2.24, 2.45) is 0 Å². The van der Waals surface area contributed by atoms with Crippen LogP contribution in [0.3, 0.4) is 0 Å². The molecule has 1 amide bonds. The molecule has 0 aliphatic rings. The summed E-state index contributed by atoms with van der Waals surface area (Å²) < 4.78 is 5.08. The summed E-state index contributed by atoms with van der Waals surface area (Å²) in [7, 11) is 0. The summed E-state index contributed by atoms with van der Waals surface area (Å²) in [5, 5.41) is 12.4. The molecule has 2 N–H and O–H groups in total. The predicted molar refractivity (Wildman–Crippen MR) is 137 cm³/mol. The molecule has 0 saturated heterocycles. The van der Waals surface area contributed by atoms with Gasteiger partial charge in [-0.15, -0.1) is 11.3 Å². The van der Waals surface area contributed by atoms with Gasteiger partial charge < -0.3 is 19.6 Å². The Morgan fingerprint density at radius 2 is 1.91 bits per heavy atom. The second-order valence-corrected chi connectivity index (χ2v) is 9.56. The number of imidazole rings is 1. The number of fused-ring (bicyclic) bond motifs is 1. The number of carbonyl (C=O) groups excluding carboxylic acids is 1. The van der Waals surface area contributed by atoms with E-state index in [1.165, 1.54) is 18.3 Å². The Balaban J connectivity index is 1.58. The highest BCUT2D eigenvalue weighted by Crippen LogP contribution is 2.36. The minimum atomic E-state index is -0.919. The van der Waals surface area contributed by atoms with E-state index in [4.69, 9.17) is 0 Å². The normalized spacial score (nSPS) is 11.1. The lowest BCUT2D eigenvalue weighted by molar-refractivity contribution is -0.119. The van der Waals surface area contributed by atoms with Crippen LogP contribution in [0.2, 0.25) is 0 Å². The second kappa shape index (κ2) is 9.23. The van der Waals surface area contributed by atoms with Crippen molar-refractivity contribution in [3.8, 4) is 16.9 Å². The summed E-state index contributed by atoms with van der Waals surface area (Å²) in [6, 6.07) is 18.2. The first-order valence-corrected chi connectivity index (χ1v) is 12.0. The molecule has 0 fully saturated rings. The molecule has 0 atom stereocenters. The highest BCUT2D eigenvalue weighted by molar-refractivity contribution is 7.20. The van der Waals surface area contributed by atoms with Crippen molar-refractivity contribution in [3.63, 3.8) is 0 Å². The molecule has 3 heterocycles. The Morgan fingerprint density at radius 1 is 1.09 bits per heavy atom. The maximum absolute atomic E-state index is 11.6. The van der Waals surface area contributed by atoms with Gasteiger partial charge >= 0.3 is 5.97 Å². The monoisotopic (exact) mass is 484 g/mol. The average Bonchev–Trinajstić information content (AvgIpc) is 3.56. The van der Waals surface area contributed by atoms with Gasteiger partial charge in [-0.05, 0) is 47.9 Å². The number of amides is 1. The van der Waals surface area contributed by atoms with Gasteiger partial charge in [-0.2, -0.15) is 0 Å². The number of benzene rings is 2. The molecule has 7 nitrogen and oxygen atoms in total. The summed E-state index contributed by atoms with van der Waals surface area (Å²) in [6.45, 7) is 4.63. The maximum Gasteiger partial charge on any atom is 0.345 e. The number of carbonyl (C=O) groups is 2. The molecule has 0 unspecified atom stereocenters. The SMILES string of the molecule is CC(=O)NCc1cccc(Cn2c(-c3ccc(-n4ccnc4)cc3C)cc3sc(C(=O)O)cc32)c1. The second-order valence-electron chi connectivity index (χ2n) is 8.48. The van der Waals surface area contributed by atoms with Gasteiger partial charge in [-0.1, -0.05) is 30.3 Å². The molecule has 0 bridgehead atoms. The lowest BCUT2D eigenvalue weighted by Gasteiger charge is -2.15. The van der Waals surface area contributed by atoms with Crippen molar-refractivity contribution in [2.75, 3.05) is 0 Å². The van der Waals surface area contributed by atoms with Crippen LogP contribution in [0.4, 0.5) is 0 Å². The number of aromatic nitrogens is 3. The summed E-state index contributed by atoms with van der Waals surface area (Å²) in [4.78, 5) is 27.4. The van der Waals surface area contributed by atoms with Gasteiger partial charge in [0.15, 0.2) is 0 Å². The van der Waals surface area contributed by atoms with Crippen molar-refractivity contribution < 1.29 is 14.7 Å². The van der Waals surface area contributed by atoms with E-state index in [-0.39, 0.29) is 5.91 Å². The van der Waals surface area contributed by atoms with Gasteiger partial charge in [-0.3, -0.25) is 4.79 Å². The van der Waals surface area contributed by atoms with Gasteiger partial charge in [0.05, 0.1) is 22.2 Å². The van der Waals surface area contributed by atoms with E-state index in [1.807, 2.05) is 29.0 Å². The van der Waals surface area contributed by atoms with Crippen molar-refractivity contribution in [2.45, 2.75) is 26.9 Å². The lowest BCUT2D eigenvalue weighted by Crippen LogP contribution is -2.18. The van der Waals surface area contributed by atoms with Gasteiger partial charge in [0.25, 0.3) is 0 Å². The standard InChI is InChI=1S/C27H24N4O3S/c1-17-10-21(30-9-8-28-16-30)6-7-22(17)23-12-25-24(13-26(35-25)27(33)34)31(23)15-20-5-3-4-19(11-20)14-29-18(2)32/h3-13,16H,14-15H2,1-2H3,(H,29,32)(H,33,34). The van der Waals surface area contributed by atoms with E-state index in [0.29, 0.717) is 18.0 Å². The fraction of sp³-hybridized carbons (Fsp3) is 0.148. The van der Waals surface area contributed by atoms with Crippen LogP contribution in [0.5, 0.6) is 0 Å². The lowest BCUT2D eigenvalue weighted by atomic mass is 10.0. The number of rotatable bonds is 7. The quantitative estimate of drug-likeness (QED) is 0.330. The molecular weight excluding hydrogens is 460 g/mol. The smallest absolute Gasteiger partial charge is 0.345 e. The summed E-state index contributed by atoms with van der Waals surface area (Å²) in [6.07, 6.45) is 5.44. The highest BCUT2D eigenvalue weighted by atomic mass is 32.1. The van der Waals surface area contributed by atoms with Gasteiger partial charge in [0.1, 0.15) is 4.88 Å². The highest BCUT2D eigenvalue weighted by Gasteiger charge is 2.18. The third-order valence-corrected chi connectivity index (χ3v) is 7.02. The third-order valence-electron chi connectivity index (χ3n) is 5.96. The Labute approximate surface area is 206 Å². The summed E-state index contributed by atoms with van der Waals surface area (Å²) >= 11 is 1.29. The van der Waals surface area contributed by atoms with Crippen LogP contribution in [-0.2, 0) is 17.9 Å². The van der Waals surface area contributed by atoms with E-state index in [0.717, 1.165) is 43.9 Å². The minimum Gasteiger partial charge on any atom is -0.477 e. The number of thiophene rings is 1. The summed E-state index contributed by atoms with van der Waals surface area (Å²) in [5.74, 6) is -0.989.